The van der Waals surface area contributed by atoms with Gasteiger partial charge < -0.3 is 29.4 Å². The molecule has 0 aromatic heterocycles. The molecule has 3 N–H and O–H groups in total. The summed E-state index contributed by atoms with van der Waals surface area (Å²) in [4.78, 5) is 33.5. The number of aliphatic imine (C=N–C) groups is 2. The van der Waals surface area contributed by atoms with E-state index in [4.69, 9.17) is 9.42 Å². The molecule has 59 heavy (non-hydrogen) atoms. The zero-order chi connectivity index (χ0) is 44.0. The maximum Gasteiger partial charge on any atom is 0.242 e. The molecule has 9 nitrogen and oxygen atoms in total. The first-order valence-corrected chi connectivity index (χ1v) is 27.9. The normalized spacial score (nSPS) is 28.7. The third-order valence-electron chi connectivity index (χ3n) is 13.7. The lowest BCUT2D eigenvalue weighted by Crippen LogP contribution is -3.00. The number of amides is 2. The standard InChI is InChI=1S/C18H34N2O2SSi.C16H36N.C12H20N2O2S.FH/c1-12(2)18(6)15(21)20-16(23-18)19-13-9-10-14(11-13)22-24(7,8)17(3,4)5;1-5-9-13-17(14-10-6-2,15-11-7-3)16-12-8-4;1-7(2)12(3)10(16)14-11(17-12)13-8-4-5-9(15)6-8;/h12-14H,9-11H2,1-8H3,(H,19,20,21);5-16H2,1-4H3;7-9,15H,4-6H2,1-3H3,(H,13,14,16);1H/q;+1;;/p-1/t13-,14-,18?;;8-,9-,12?;/m0.0./s1. The fourth-order valence-corrected chi connectivity index (χ4v) is 11.3. The van der Waals surface area contributed by atoms with Crippen LogP contribution in [0.2, 0.25) is 18.1 Å². The molecule has 13 heteroatoms. The minimum absolute atomic E-state index is 0. The number of rotatable bonds is 18. The van der Waals surface area contributed by atoms with Gasteiger partial charge in [0, 0.05) is 6.10 Å². The summed E-state index contributed by atoms with van der Waals surface area (Å²) in [5, 5.41) is 17.1. The molecule has 2 unspecified atom stereocenters. The molecular formula is C46H90FN5O4S2Si. The Balaban J connectivity index is 0.000000450. The van der Waals surface area contributed by atoms with E-state index < -0.39 is 17.8 Å². The van der Waals surface area contributed by atoms with E-state index in [2.05, 4.69) is 105 Å². The Bertz CT molecular complexity index is 1310. The summed E-state index contributed by atoms with van der Waals surface area (Å²) in [7, 11) is -1.72. The third kappa shape index (κ3) is 16.9. The van der Waals surface area contributed by atoms with Gasteiger partial charge in [0.05, 0.1) is 44.4 Å². The van der Waals surface area contributed by atoms with Crippen LogP contribution in [0.5, 0.6) is 0 Å². The predicted molar refractivity (Wildman–Crippen MR) is 256 cm³/mol. The third-order valence-corrected chi connectivity index (χ3v) is 21.2. The Labute approximate surface area is 371 Å². The molecule has 2 aliphatic heterocycles. The zero-order valence-electron chi connectivity index (χ0n) is 40.4. The maximum absolute atomic E-state index is 12.3. The molecule has 4 aliphatic rings. The zero-order valence-corrected chi connectivity index (χ0v) is 43.0. The molecule has 0 aromatic carbocycles. The molecule has 2 aliphatic carbocycles. The smallest absolute Gasteiger partial charge is 0.242 e. The van der Waals surface area contributed by atoms with Crippen LogP contribution >= 0.6 is 23.5 Å². The average molecular weight is 888 g/mol. The Morgan fingerprint density at radius 3 is 1.41 bits per heavy atom. The second-order valence-electron chi connectivity index (χ2n) is 20.2. The SMILES string of the molecule is CC(C)C1(C)SC(=N[C@H]2CC[C@H](O)C2)NC1=O.CC(C)C1(C)SC(=N[C@H]2CC[C@H](O[Si](C)(C)C(C)(C)C)C2)NC1=O.CCCC[N+](CCCC)(CCCC)CCCC.[F-]. The van der Waals surface area contributed by atoms with Gasteiger partial charge in [0.25, 0.3) is 0 Å². The van der Waals surface area contributed by atoms with Crippen molar-refractivity contribution in [3.63, 3.8) is 0 Å². The van der Waals surface area contributed by atoms with Gasteiger partial charge in [-0.1, -0.05) is 125 Å². The Morgan fingerprint density at radius 2 is 1.10 bits per heavy atom. The summed E-state index contributed by atoms with van der Waals surface area (Å²) < 4.78 is 7.15. The molecule has 4 fully saturated rings. The van der Waals surface area contributed by atoms with Crippen LogP contribution < -0.4 is 15.3 Å². The van der Waals surface area contributed by atoms with Crippen molar-refractivity contribution < 1.29 is 28.3 Å². The van der Waals surface area contributed by atoms with Gasteiger partial charge in [-0.25, -0.2) is 0 Å². The molecule has 2 saturated heterocycles. The van der Waals surface area contributed by atoms with Gasteiger partial charge in [0.15, 0.2) is 18.7 Å². The minimum atomic E-state index is -1.72. The molecule has 346 valence electrons. The van der Waals surface area contributed by atoms with E-state index in [1.165, 1.54) is 93.8 Å². The highest BCUT2D eigenvalue weighted by Crippen LogP contribution is 2.42. The second kappa shape index (κ2) is 25.3. The molecular weight excluding hydrogens is 798 g/mol. The highest BCUT2D eigenvalue weighted by atomic mass is 32.2. The van der Waals surface area contributed by atoms with Crippen molar-refractivity contribution in [2.75, 3.05) is 26.2 Å². The number of nitrogens with one attached hydrogen (secondary N) is 2. The fraction of sp³-hybridized carbons (Fsp3) is 0.913. The van der Waals surface area contributed by atoms with Crippen LogP contribution in [0, 0.1) is 11.8 Å². The van der Waals surface area contributed by atoms with Crippen LogP contribution in [0.3, 0.4) is 0 Å². The minimum Gasteiger partial charge on any atom is -1.00 e. The molecule has 0 radical (unpaired) electrons. The highest BCUT2D eigenvalue weighted by Gasteiger charge is 2.47. The summed E-state index contributed by atoms with van der Waals surface area (Å²) in [5.41, 5.74) is 0. The van der Waals surface area contributed by atoms with Gasteiger partial charge in [-0.3, -0.25) is 19.6 Å². The van der Waals surface area contributed by atoms with Crippen molar-refractivity contribution in [3.05, 3.63) is 0 Å². The number of nitrogens with zero attached hydrogens (tertiary/aromatic N) is 3. The summed E-state index contributed by atoms with van der Waals surface area (Å²) in [6.07, 6.45) is 16.7. The van der Waals surface area contributed by atoms with E-state index in [1.807, 2.05) is 13.8 Å². The van der Waals surface area contributed by atoms with Crippen molar-refractivity contribution in [3.8, 4) is 0 Å². The number of quaternary nitrogens is 1. The quantitative estimate of drug-likeness (QED) is 0.0948. The molecule has 2 amide bonds. The van der Waals surface area contributed by atoms with Crippen LogP contribution in [0.4, 0.5) is 0 Å². The first kappa shape index (κ1) is 56.0. The van der Waals surface area contributed by atoms with E-state index in [9.17, 15) is 14.7 Å². The van der Waals surface area contributed by atoms with Crippen LogP contribution in [-0.2, 0) is 14.0 Å². The van der Waals surface area contributed by atoms with Crippen LogP contribution in [0.25, 0.3) is 0 Å². The van der Waals surface area contributed by atoms with Gasteiger partial charge >= 0.3 is 0 Å². The Kier molecular flexibility index (Phi) is 24.1. The lowest BCUT2D eigenvalue weighted by molar-refractivity contribution is -0.929. The Hall–Kier alpha value is -0.993. The highest BCUT2D eigenvalue weighted by molar-refractivity contribution is 8.16. The number of carbonyl (C=O) groups is 2. The van der Waals surface area contributed by atoms with Gasteiger partial charge in [-0.05, 0) is 108 Å². The lowest BCUT2D eigenvalue weighted by Gasteiger charge is -2.39. The number of amidine groups is 2. The second-order valence-corrected chi connectivity index (χ2v) is 27.9. The molecule has 0 aromatic rings. The number of hydrogen-bond acceptors (Lipinski definition) is 8. The number of unbranched alkanes of at least 4 members (excludes halogenated alkanes) is 4. The molecule has 6 atom stereocenters. The first-order valence-electron chi connectivity index (χ1n) is 23.4. The number of aliphatic hydroxyl groups excluding tert-OH is 1. The van der Waals surface area contributed by atoms with E-state index >= 15 is 0 Å². The van der Waals surface area contributed by atoms with Crippen LogP contribution in [0.1, 0.15) is 180 Å². The van der Waals surface area contributed by atoms with Gasteiger partial charge in [-0.2, -0.15) is 0 Å². The summed E-state index contributed by atoms with van der Waals surface area (Å²) in [6, 6.07) is 0.444. The topological polar surface area (TPSA) is 112 Å². The number of aliphatic hydroxyl groups is 1. The molecule has 0 spiro atoms. The predicted octanol–water partition coefficient (Wildman–Crippen LogP) is 8.10. The van der Waals surface area contributed by atoms with E-state index in [0.29, 0.717) is 6.10 Å². The van der Waals surface area contributed by atoms with E-state index in [1.54, 1.807) is 11.8 Å². The average Bonchev–Trinajstić information content (AvgIpc) is 3.90. The fourth-order valence-electron chi connectivity index (χ4n) is 7.63. The molecule has 2 saturated carbocycles. The first-order chi connectivity index (χ1) is 27.0. The summed E-state index contributed by atoms with van der Waals surface area (Å²) >= 11 is 3.12. The monoisotopic (exact) mass is 888 g/mol. The number of halogens is 1. The maximum atomic E-state index is 12.3. The van der Waals surface area contributed by atoms with Crippen molar-refractivity contribution in [1.29, 1.82) is 0 Å². The van der Waals surface area contributed by atoms with Crippen molar-refractivity contribution >= 4 is 54.0 Å². The number of hydrogen-bond donors (Lipinski definition) is 3. The number of thioether (sulfide) groups is 2. The largest absolute Gasteiger partial charge is 1.00 e. The molecule has 4 rings (SSSR count). The van der Waals surface area contributed by atoms with E-state index in [-0.39, 0.29) is 51.6 Å². The molecule has 2 heterocycles. The van der Waals surface area contributed by atoms with Gasteiger partial charge in [0.2, 0.25) is 11.8 Å². The van der Waals surface area contributed by atoms with Gasteiger partial charge in [-0.15, -0.1) is 0 Å². The van der Waals surface area contributed by atoms with Crippen molar-refractivity contribution in [1.82, 2.24) is 10.6 Å². The Morgan fingerprint density at radius 1 is 0.729 bits per heavy atom. The summed E-state index contributed by atoms with van der Waals surface area (Å²) in [5.74, 6) is 0.700. The summed E-state index contributed by atoms with van der Waals surface area (Å²) in [6.45, 7) is 38.7. The van der Waals surface area contributed by atoms with Gasteiger partial charge in [0.1, 0.15) is 9.49 Å². The van der Waals surface area contributed by atoms with Crippen LogP contribution in [-0.4, -0.2) is 100 Å². The van der Waals surface area contributed by atoms with Crippen LogP contribution in [0.15, 0.2) is 9.98 Å². The van der Waals surface area contributed by atoms with E-state index in [0.717, 1.165) is 48.9 Å². The molecule has 0 bridgehead atoms. The van der Waals surface area contributed by atoms with Crippen molar-refractivity contribution in [2.24, 2.45) is 21.8 Å². The lowest BCUT2D eigenvalue weighted by atomic mass is 9.96. The van der Waals surface area contributed by atoms with Crippen molar-refractivity contribution in [2.45, 2.75) is 232 Å². The number of carbonyl (C=O) groups excluding carboxylic acids is 2.